The van der Waals surface area contributed by atoms with Gasteiger partial charge >= 0.3 is 0 Å². The van der Waals surface area contributed by atoms with E-state index in [1.807, 2.05) is 12.1 Å². The molecule has 4 heteroatoms. The molecule has 4 nitrogen and oxygen atoms in total. The minimum Gasteiger partial charge on any atom is -0.493 e. The summed E-state index contributed by atoms with van der Waals surface area (Å²) in [5.41, 5.74) is 1.33. The highest BCUT2D eigenvalue weighted by Crippen LogP contribution is 2.28. The van der Waals surface area contributed by atoms with Gasteiger partial charge < -0.3 is 9.47 Å². The Bertz CT molecular complexity index is 747. The minimum atomic E-state index is -0.719. The maximum Gasteiger partial charge on any atom is 0.173 e. The van der Waals surface area contributed by atoms with Crippen molar-refractivity contribution in [3.8, 4) is 11.5 Å². The van der Waals surface area contributed by atoms with Gasteiger partial charge in [-0.25, -0.2) is 0 Å². The van der Waals surface area contributed by atoms with Crippen molar-refractivity contribution >= 4 is 17.6 Å². The van der Waals surface area contributed by atoms with Gasteiger partial charge in [0.15, 0.2) is 23.1 Å². The Morgan fingerprint density at radius 2 is 1.62 bits per heavy atom. The monoisotopic (exact) mass is 324 g/mol. The summed E-state index contributed by atoms with van der Waals surface area (Å²) in [5, 5.41) is 0. The molecule has 0 N–H and O–H groups in total. The highest BCUT2D eigenvalue weighted by atomic mass is 16.5. The zero-order valence-corrected chi connectivity index (χ0v) is 14.0. The summed E-state index contributed by atoms with van der Waals surface area (Å²) >= 11 is 0. The first-order valence-electron chi connectivity index (χ1n) is 7.60. The molecule has 0 saturated carbocycles. The molecular formula is C20H20O4. The van der Waals surface area contributed by atoms with Crippen LogP contribution in [0.5, 0.6) is 11.5 Å². The molecule has 1 unspecified atom stereocenters. The van der Waals surface area contributed by atoms with Gasteiger partial charge in [-0.3, -0.25) is 9.59 Å². The Balaban J connectivity index is 2.11. The van der Waals surface area contributed by atoms with Crippen LogP contribution in [0, 0.1) is 5.92 Å². The lowest BCUT2D eigenvalue weighted by atomic mass is 9.95. The van der Waals surface area contributed by atoms with E-state index in [0.717, 1.165) is 5.56 Å². The number of carbonyl (C=O) groups is 2. The van der Waals surface area contributed by atoms with E-state index in [4.69, 9.17) is 9.47 Å². The van der Waals surface area contributed by atoms with E-state index in [-0.39, 0.29) is 11.6 Å². The average Bonchev–Trinajstić information content (AvgIpc) is 2.65. The van der Waals surface area contributed by atoms with E-state index in [0.29, 0.717) is 17.1 Å². The molecule has 1 atom stereocenters. The van der Waals surface area contributed by atoms with Crippen molar-refractivity contribution in [3.63, 3.8) is 0 Å². The van der Waals surface area contributed by atoms with E-state index in [2.05, 4.69) is 0 Å². The molecule has 0 aliphatic rings. The van der Waals surface area contributed by atoms with Gasteiger partial charge in [0.05, 0.1) is 20.1 Å². The van der Waals surface area contributed by atoms with Crippen LogP contribution < -0.4 is 9.47 Å². The third-order valence-corrected chi connectivity index (χ3v) is 3.73. The molecule has 2 aromatic rings. The van der Waals surface area contributed by atoms with Gasteiger partial charge in [0.2, 0.25) is 0 Å². The fourth-order valence-corrected chi connectivity index (χ4v) is 2.26. The van der Waals surface area contributed by atoms with E-state index < -0.39 is 5.92 Å². The van der Waals surface area contributed by atoms with Crippen LogP contribution in [0.3, 0.4) is 0 Å². The predicted molar refractivity (Wildman–Crippen MR) is 93.5 cm³/mol. The second-order valence-electron chi connectivity index (χ2n) is 5.30. The standard InChI is InChI=1S/C20H20O4/c1-14(20(22)16-7-5-4-6-8-16)17(21)11-9-15-10-12-18(23-2)19(13-15)24-3/h4-14H,1-3H3/b11-9+. The van der Waals surface area contributed by atoms with Gasteiger partial charge in [-0.1, -0.05) is 42.5 Å². The number of ether oxygens (including phenoxy) is 2. The molecule has 0 aliphatic heterocycles. The lowest BCUT2D eigenvalue weighted by Gasteiger charge is -2.08. The summed E-state index contributed by atoms with van der Waals surface area (Å²) in [6, 6.07) is 14.2. The van der Waals surface area contributed by atoms with Gasteiger partial charge in [0, 0.05) is 5.56 Å². The first kappa shape index (κ1) is 17.5. The zero-order valence-electron chi connectivity index (χ0n) is 14.0. The SMILES string of the molecule is COc1ccc(/C=C/C(=O)C(C)C(=O)c2ccccc2)cc1OC. The van der Waals surface area contributed by atoms with Crippen molar-refractivity contribution in [3.05, 3.63) is 65.7 Å². The summed E-state index contributed by atoms with van der Waals surface area (Å²) < 4.78 is 10.4. The first-order valence-corrected chi connectivity index (χ1v) is 7.60. The number of benzene rings is 2. The van der Waals surface area contributed by atoms with Crippen molar-refractivity contribution < 1.29 is 19.1 Å². The third-order valence-electron chi connectivity index (χ3n) is 3.73. The van der Waals surface area contributed by atoms with E-state index in [1.54, 1.807) is 63.6 Å². The Labute approximate surface area is 141 Å². The quantitative estimate of drug-likeness (QED) is 0.441. The van der Waals surface area contributed by atoms with Gasteiger partial charge in [-0.2, -0.15) is 0 Å². The topological polar surface area (TPSA) is 52.6 Å². The molecule has 0 radical (unpaired) electrons. The minimum absolute atomic E-state index is 0.183. The molecule has 124 valence electrons. The zero-order chi connectivity index (χ0) is 17.5. The third kappa shape index (κ3) is 4.10. The van der Waals surface area contributed by atoms with E-state index in [9.17, 15) is 9.59 Å². The Morgan fingerprint density at radius 3 is 2.25 bits per heavy atom. The summed E-state index contributed by atoms with van der Waals surface area (Å²) in [4.78, 5) is 24.5. The molecule has 0 aliphatic carbocycles. The molecule has 0 saturated heterocycles. The fourth-order valence-electron chi connectivity index (χ4n) is 2.26. The van der Waals surface area contributed by atoms with Crippen molar-refractivity contribution in [1.82, 2.24) is 0 Å². The van der Waals surface area contributed by atoms with Crippen molar-refractivity contribution in [2.24, 2.45) is 5.92 Å². The summed E-state index contributed by atoms with van der Waals surface area (Å²) in [7, 11) is 3.12. The normalized spacial score (nSPS) is 12.0. The maximum absolute atomic E-state index is 12.3. The van der Waals surface area contributed by atoms with Crippen LogP contribution >= 0.6 is 0 Å². The van der Waals surface area contributed by atoms with Crippen molar-refractivity contribution in [2.45, 2.75) is 6.92 Å². The number of allylic oxidation sites excluding steroid dienone is 1. The lowest BCUT2D eigenvalue weighted by Crippen LogP contribution is -2.19. The molecule has 0 fully saturated rings. The van der Waals surface area contributed by atoms with Crippen LogP contribution in [-0.4, -0.2) is 25.8 Å². The van der Waals surface area contributed by atoms with Gasteiger partial charge in [-0.05, 0) is 30.7 Å². The predicted octanol–water partition coefficient (Wildman–Crippen LogP) is 3.81. The molecular weight excluding hydrogens is 304 g/mol. The Kier molecular flexibility index (Phi) is 5.90. The number of rotatable bonds is 7. The van der Waals surface area contributed by atoms with Crippen LogP contribution in [-0.2, 0) is 4.79 Å². The number of Topliss-reactive ketones (excluding diaryl/α,β-unsaturated/α-hetero) is 1. The van der Waals surface area contributed by atoms with Gasteiger partial charge in [-0.15, -0.1) is 0 Å². The maximum atomic E-state index is 12.3. The number of methoxy groups -OCH3 is 2. The van der Waals surface area contributed by atoms with E-state index in [1.165, 1.54) is 6.08 Å². The molecule has 2 aromatic carbocycles. The highest BCUT2D eigenvalue weighted by Gasteiger charge is 2.20. The van der Waals surface area contributed by atoms with Crippen LogP contribution in [0.25, 0.3) is 6.08 Å². The van der Waals surface area contributed by atoms with E-state index >= 15 is 0 Å². The second kappa shape index (κ2) is 8.11. The van der Waals surface area contributed by atoms with Gasteiger partial charge in [0.25, 0.3) is 0 Å². The Hall–Kier alpha value is -2.88. The largest absolute Gasteiger partial charge is 0.493 e. The molecule has 0 heterocycles. The highest BCUT2D eigenvalue weighted by molar-refractivity contribution is 6.14. The van der Waals surface area contributed by atoms with Crippen molar-refractivity contribution in [2.75, 3.05) is 14.2 Å². The molecule has 0 bridgehead atoms. The number of ketones is 2. The molecule has 0 amide bonds. The molecule has 0 spiro atoms. The second-order valence-corrected chi connectivity index (χ2v) is 5.30. The molecule has 0 aromatic heterocycles. The summed E-state index contributed by atoms with van der Waals surface area (Å²) in [6.07, 6.45) is 3.09. The van der Waals surface area contributed by atoms with Crippen LogP contribution in [0.2, 0.25) is 0 Å². The molecule has 24 heavy (non-hydrogen) atoms. The number of hydrogen-bond acceptors (Lipinski definition) is 4. The summed E-state index contributed by atoms with van der Waals surface area (Å²) in [6.45, 7) is 1.62. The smallest absolute Gasteiger partial charge is 0.173 e. The van der Waals surface area contributed by atoms with Crippen LogP contribution in [0.15, 0.2) is 54.6 Å². The van der Waals surface area contributed by atoms with Crippen LogP contribution in [0.1, 0.15) is 22.8 Å². The number of carbonyl (C=O) groups excluding carboxylic acids is 2. The Morgan fingerprint density at radius 1 is 0.958 bits per heavy atom. The average molecular weight is 324 g/mol. The fraction of sp³-hybridized carbons (Fsp3) is 0.200. The first-order chi connectivity index (χ1) is 11.6. The van der Waals surface area contributed by atoms with Crippen LogP contribution in [0.4, 0.5) is 0 Å². The van der Waals surface area contributed by atoms with Crippen molar-refractivity contribution in [1.29, 1.82) is 0 Å². The summed E-state index contributed by atoms with van der Waals surface area (Å²) in [5.74, 6) is 0.0640. The lowest BCUT2D eigenvalue weighted by molar-refractivity contribution is -0.116. The number of hydrogen-bond donors (Lipinski definition) is 0. The van der Waals surface area contributed by atoms with Gasteiger partial charge in [0.1, 0.15) is 0 Å². The molecule has 2 rings (SSSR count).